The topological polar surface area (TPSA) is 144 Å². The maximum absolute atomic E-state index is 13.5. The summed E-state index contributed by atoms with van der Waals surface area (Å²) in [5.74, 6) is -6.50. The van der Waals surface area contributed by atoms with E-state index >= 15 is 0 Å². The van der Waals surface area contributed by atoms with E-state index in [4.69, 9.17) is 25.5 Å². The molecule has 2 fully saturated rings. The Hall–Kier alpha value is -4.58. The van der Waals surface area contributed by atoms with Gasteiger partial charge in [-0.05, 0) is 41.8 Å². The molecule has 2 saturated heterocycles. The quantitative estimate of drug-likeness (QED) is 0.304. The van der Waals surface area contributed by atoms with E-state index in [-0.39, 0.29) is 35.9 Å². The first-order chi connectivity index (χ1) is 22.2. The fourth-order valence-corrected chi connectivity index (χ4v) is 4.68. The van der Waals surface area contributed by atoms with Crippen molar-refractivity contribution in [3.8, 4) is 0 Å². The van der Waals surface area contributed by atoms with Crippen molar-refractivity contribution in [3.05, 3.63) is 83.4 Å². The molecule has 2 heterocycles. The molecule has 1 atom stereocenters. The van der Waals surface area contributed by atoms with Crippen LogP contribution in [0.15, 0.2) is 60.7 Å². The number of piperazine rings is 1. The molecule has 264 valence electrons. The van der Waals surface area contributed by atoms with Crippen LogP contribution in [0.25, 0.3) is 0 Å². The van der Waals surface area contributed by atoms with Crippen molar-refractivity contribution in [1.82, 2.24) is 14.7 Å². The summed E-state index contributed by atoms with van der Waals surface area (Å²) in [6.07, 6.45) is -9.42. The van der Waals surface area contributed by atoms with Gasteiger partial charge in [-0.25, -0.2) is 18.4 Å². The van der Waals surface area contributed by atoms with E-state index in [1.165, 1.54) is 24.3 Å². The zero-order chi connectivity index (χ0) is 36.4. The van der Waals surface area contributed by atoms with Crippen LogP contribution in [-0.2, 0) is 19.2 Å². The summed E-state index contributed by atoms with van der Waals surface area (Å²) in [4.78, 5) is 48.8. The van der Waals surface area contributed by atoms with Crippen LogP contribution in [0.5, 0.6) is 0 Å². The Balaban J connectivity index is 0.000000479. The molecule has 0 aromatic heterocycles. The lowest BCUT2D eigenvalue weighted by Gasteiger charge is -2.40. The normalized spacial score (nSPS) is 16.0. The minimum Gasteiger partial charge on any atom is -0.475 e. The van der Waals surface area contributed by atoms with E-state index in [1.54, 1.807) is 34.1 Å². The maximum atomic E-state index is 13.5. The van der Waals surface area contributed by atoms with Gasteiger partial charge in [0.05, 0.1) is 18.5 Å². The van der Waals surface area contributed by atoms with Crippen LogP contribution in [0.3, 0.4) is 0 Å². The highest BCUT2D eigenvalue weighted by Gasteiger charge is 2.39. The number of hydrogen-bond acceptors (Lipinski definition) is 6. The highest BCUT2D eigenvalue weighted by Crippen LogP contribution is 2.30. The largest absolute Gasteiger partial charge is 0.490 e. The third-order valence-corrected chi connectivity index (χ3v) is 7.06. The first-order valence-corrected chi connectivity index (χ1v) is 14.0. The van der Waals surface area contributed by atoms with Gasteiger partial charge in [-0.3, -0.25) is 14.5 Å². The second-order valence-corrected chi connectivity index (χ2v) is 10.6. The maximum Gasteiger partial charge on any atom is 0.490 e. The van der Waals surface area contributed by atoms with Crippen LogP contribution in [0.1, 0.15) is 30.0 Å². The molecule has 0 spiro atoms. The number of nitrogens with zero attached hydrogens (tertiary/aromatic N) is 3. The predicted molar refractivity (Wildman–Crippen MR) is 153 cm³/mol. The van der Waals surface area contributed by atoms with Gasteiger partial charge in [-0.1, -0.05) is 36.4 Å². The van der Waals surface area contributed by atoms with Crippen molar-refractivity contribution >= 4 is 23.8 Å². The minimum atomic E-state index is -5.08. The Morgan fingerprint density at radius 3 is 1.46 bits per heavy atom. The van der Waals surface area contributed by atoms with Crippen molar-refractivity contribution in [2.75, 3.05) is 39.3 Å². The van der Waals surface area contributed by atoms with Crippen molar-refractivity contribution in [3.63, 3.8) is 0 Å². The number of carbonyl (C=O) groups excluding carboxylic acids is 2. The highest BCUT2D eigenvalue weighted by atomic mass is 19.4. The molecule has 18 heteroatoms. The average Bonchev–Trinajstić information content (AvgIpc) is 3.45. The first-order valence-electron chi connectivity index (χ1n) is 14.0. The highest BCUT2D eigenvalue weighted by molar-refractivity contribution is 5.88. The number of likely N-dealkylation sites (tertiary alicyclic amines) is 1. The molecular weight excluding hydrogens is 664 g/mol. The van der Waals surface area contributed by atoms with Crippen LogP contribution in [0.4, 0.5) is 35.1 Å². The number of carbonyl (C=O) groups is 4. The lowest BCUT2D eigenvalue weighted by Crippen LogP contribution is -2.52. The molecule has 2 aliphatic rings. The fraction of sp³-hybridized carbons (Fsp3) is 0.400. The van der Waals surface area contributed by atoms with E-state index < -0.39 is 30.3 Å². The number of hydrogen-bond donors (Lipinski definition) is 3. The minimum absolute atomic E-state index is 0.0266. The molecule has 2 aliphatic heterocycles. The molecule has 2 amide bonds. The molecule has 2 aromatic carbocycles. The number of alkyl halides is 6. The second-order valence-electron chi connectivity index (χ2n) is 10.6. The summed E-state index contributed by atoms with van der Waals surface area (Å²) in [6, 6.07) is 11.6. The van der Waals surface area contributed by atoms with Gasteiger partial charge in [-0.15, -0.1) is 0 Å². The smallest absolute Gasteiger partial charge is 0.475 e. The summed E-state index contributed by atoms with van der Waals surface area (Å²) in [7, 11) is 0. The van der Waals surface area contributed by atoms with Gasteiger partial charge in [0.25, 0.3) is 0 Å². The Morgan fingerprint density at radius 2 is 1.12 bits per heavy atom. The van der Waals surface area contributed by atoms with E-state index in [2.05, 4.69) is 11.5 Å². The molecule has 48 heavy (non-hydrogen) atoms. The van der Waals surface area contributed by atoms with Crippen LogP contribution in [0.2, 0.25) is 0 Å². The summed E-state index contributed by atoms with van der Waals surface area (Å²) in [6.45, 7) is 7.15. The molecule has 4 N–H and O–H groups in total. The zero-order valence-electron chi connectivity index (χ0n) is 25.1. The first kappa shape index (κ1) is 39.6. The van der Waals surface area contributed by atoms with E-state index in [0.29, 0.717) is 39.3 Å². The number of rotatable bonds is 6. The van der Waals surface area contributed by atoms with Crippen LogP contribution >= 0.6 is 0 Å². The monoisotopic (exact) mass is 696 g/mol. The molecule has 0 unspecified atom stereocenters. The van der Waals surface area contributed by atoms with Gasteiger partial charge < -0.3 is 25.7 Å². The van der Waals surface area contributed by atoms with Gasteiger partial charge in [0.1, 0.15) is 11.6 Å². The van der Waals surface area contributed by atoms with Crippen LogP contribution < -0.4 is 5.73 Å². The standard InChI is InChI=1S/C26H30F2N4O2.2C2HF3O2/c1-18-10-11-32(17-18)26(34)23(29)16-24(33)30-12-14-31(15-13-30)25(19-2-6-21(27)7-3-19)20-4-8-22(28)9-5-20;2*3-2(4,5)1(6)7/h2-9,23,25H,1,10-17,29H2;2*(H,6,7)/t23-;;/m0../s1. The summed E-state index contributed by atoms with van der Waals surface area (Å²) < 4.78 is 90.5. The summed E-state index contributed by atoms with van der Waals surface area (Å²) >= 11 is 0. The molecule has 0 radical (unpaired) electrons. The van der Waals surface area contributed by atoms with Crippen molar-refractivity contribution in [1.29, 1.82) is 0 Å². The molecule has 0 saturated carbocycles. The fourth-order valence-electron chi connectivity index (χ4n) is 4.68. The van der Waals surface area contributed by atoms with Gasteiger partial charge in [0.15, 0.2) is 0 Å². The van der Waals surface area contributed by atoms with E-state index in [0.717, 1.165) is 23.1 Å². The van der Waals surface area contributed by atoms with Gasteiger partial charge >= 0.3 is 24.3 Å². The SMILES string of the molecule is C=C1CCN(C(=O)[C@@H](N)CC(=O)N2CCN(C(c3ccc(F)cc3)c3ccc(F)cc3)CC2)C1.O=C(O)C(F)(F)F.O=C(O)C(F)(F)F. The Bertz CT molecular complexity index is 1360. The van der Waals surface area contributed by atoms with Gasteiger partial charge in [0, 0.05) is 39.3 Å². The number of carboxylic acids is 2. The lowest BCUT2D eigenvalue weighted by atomic mass is 9.96. The second kappa shape index (κ2) is 17.0. The number of benzene rings is 2. The Morgan fingerprint density at radius 1 is 0.729 bits per heavy atom. The Labute approximate surface area is 269 Å². The van der Waals surface area contributed by atoms with Crippen LogP contribution in [0, 0.1) is 11.6 Å². The Kier molecular flexibility index (Phi) is 14.0. The molecule has 10 nitrogen and oxygen atoms in total. The van der Waals surface area contributed by atoms with E-state index in [1.807, 2.05) is 0 Å². The molecule has 2 aromatic rings. The van der Waals surface area contributed by atoms with Crippen molar-refractivity contribution in [2.24, 2.45) is 5.73 Å². The number of carboxylic acid groups (broad SMARTS) is 2. The third kappa shape index (κ3) is 12.2. The number of amides is 2. The zero-order valence-corrected chi connectivity index (χ0v) is 25.1. The number of aliphatic carboxylic acids is 2. The summed E-state index contributed by atoms with van der Waals surface area (Å²) in [5.41, 5.74) is 8.85. The summed E-state index contributed by atoms with van der Waals surface area (Å²) in [5, 5.41) is 14.2. The molecular formula is C30H32F8N4O6. The van der Waals surface area contributed by atoms with Gasteiger partial charge in [-0.2, -0.15) is 26.3 Å². The van der Waals surface area contributed by atoms with Gasteiger partial charge in [0.2, 0.25) is 11.8 Å². The predicted octanol–water partition coefficient (Wildman–Crippen LogP) is 3.97. The van der Waals surface area contributed by atoms with Crippen molar-refractivity contribution < 1.29 is 64.5 Å². The lowest BCUT2D eigenvalue weighted by molar-refractivity contribution is -0.193. The van der Waals surface area contributed by atoms with Crippen molar-refractivity contribution in [2.45, 2.75) is 37.3 Å². The number of halogens is 8. The molecule has 4 rings (SSSR count). The van der Waals surface area contributed by atoms with E-state index in [9.17, 15) is 44.7 Å². The number of nitrogens with two attached hydrogens (primary N) is 1. The molecule has 0 bridgehead atoms. The van der Waals surface area contributed by atoms with Crippen LogP contribution in [-0.4, -0.2) is 106 Å². The third-order valence-electron chi connectivity index (χ3n) is 7.06. The molecule has 0 aliphatic carbocycles. The average molecular weight is 697 g/mol.